The molecule has 1 aliphatic heterocycles. The Morgan fingerprint density at radius 2 is 1.65 bits per heavy atom. The van der Waals surface area contributed by atoms with Gasteiger partial charge in [0.05, 0.1) is 19.0 Å². The van der Waals surface area contributed by atoms with Gasteiger partial charge in [0.2, 0.25) is 5.95 Å². The molecule has 1 aliphatic carbocycles. The third-order valence-corrected chi connectivity index (χ3v) is 6.75. The molecule has 3 aromatic rings. The highest BCUT2D eigenvalue weighted by Gasteiger charge is 2.32. The molecule has 0 N–H and O–H groups in total. The van der Waals surface area contributed by atoms with Gasteiger partial charge in [0.25, 0.3) is 5.56 Å². The minimum absolute atomic E-state index is 0.0890. The summed E-state index contributed by atoms with van der Waals surface area (Å²) in [5.74, 6) is 0.761. The molecule has 160 valence electrons. The average Bonchev–Trinajstić information content (AvgIpc) is 3.33. The number of hydrogen-bond donors (Lipinski definition) is 0. The standard InChI is InChI=1S/C26H30N4O/c1-19-12-14-23(15-13-19)29-17-28(22-10-6-7-11-22)18-30-25(31)24(20(2)27-26(29)30)16-21-8-4-3-5-9-21/h3-5,8-9,12-15,22H,6-7,10-11,16-18H2,1-2H3. The van der Waals surface area contributed by atoms with Crippen molar-refractivity contribution < 1.29 is 0 Å². The van der Waals surface area contributed by atoms with Crippen LogP contribution < -0.4 is 10.5 Å². The minimum atomic E-state index is 0.0890. The lowest BCUT2D eigenvalue weighted by Gasteiger charge is -2.41. The largest absolute Gasteiger partial charge is 0.298 e. The third kappa shape index (κ3) is 3.90. The molecule has 1 aromatic heterocycles. The third-order valence-electron chi connectivity index (χ3n) is 6.75. The number of rotatable bonds is 4. The van der Waals surface area contributed by atoms with E-state index in [0.717, 1.165) is 35.1 Å². The van der Waals surface area contributed by atoms with Crippen LogP contribution in [-0.2, 0) is 13.1 Å². The summed E-state index contributed by atoms with van der Waals surface area (Å²) in [4.78, 5) is 23.3. The molecular weight excluding hydrogens is 384 g/mol. The van der Waals surface area contributed by atoms with Gasteiger partial charge in [-0.3, -0.25) is 19.2 Å². The number of benzene rings is 2. The van der Waals surface area contributed by atoms with Gasteiger partial charge in [-0.25, -0.2) is 4.98 Å². The summed E-state index contributed by atoms with van der Waals surface area (Å²) in [6.45, 7) is 5.46. The molecule has 0 unspecified atom stereocenters. The van der Waals surface area contributed by atoms with E-state index >= 15 is 0 Å². The SMILES string of the molecule is Cc1ccc(N2CN(C3CCCC3)Cn3c2nc(C)c(Cc2ccccc2)c3=O)cc1. The van der Waals surface area contributed by atoms with E-state index in [4.69, 9.17) is 4.98 Å². The fourth-order valence-corrected chi connectivity index (χ4v) is 4.92. The van der Waals surface area contributed by atoms with Crippen LogP contribution in [0.15, 0.2) is 59.4 Å². The van der Waals surface area contributed by atoms with E-state index in [9.17, 15) is 4.79 Å². The molecule has 0 bridgehead atoms. The van der Waals surface area contributed by atoms with Crippen LogP contribution in [0.2, 0.25) is 0 Å². The van der Waals surface area contributed by atoms with Crippen molar-refractivity contribution in [1.29, 1.82) is 0 Å². The number of nitrogens with zero attached hydrogens (tertiary/aromatic N) is 4. The van der Waals surface area contributed by atoms with Crippen LogP contribution in [0.3, 0.4) is 0 Å². The monoisotopic (exact) mass is 414 g/mol. The van der Waals surface area contributed by atoms with Gasteiger partial charge >= 0.3 is 0 Å². The molecule has 2 aliphatic rings. The van der Waals surface area contributed by atoms with E-state index in [2.05, 4.69) is 53.1 Å². The van der Waals surface area contributed by atoms with Gasteiger partial charge in [-0.15, -0.1) is 0 Å². The quantitative estimate of drug-likeness (QED) is 0.617. The Balaban J connectivity index is 1.59. The van der Waals surface area contributed by atoms with Crippen molar-refractivity contribution >= 4 is 11.6 Å². The zero-order valence-electron chi connectivity index (χ0n) is 18.4. The molecule has 0 saturated heterocycles. The molecule has 1 saturated carbocycles. The highest BCUT2D eigenvalue weighted by atomic mass is 16.1. The first-order valence-corrected chi connectivity index (χ1v) is 11.3. The molecule has 1 fully saturated rings. The van der Waals surface area contributed by atoms with E-state index in [1.807, 2.05) is 29.7 Å². The molecule has 2 heterocycles. The molecule has 0 atom stereocenters. The molecule has 31 heavy (non-hydrogen) atoms. The Morgan fingerprint density at radius 1 is 0.935 bits per heavy atom. The lowest BCUT2D eigenvalue weighted by Crippen LogP contribution is -2.51. The van der Waals surface area contributed by atoms with Gasteiger partial charge in [0, 0.05) is 23.7 Å². The van der Waals surface area contributed by atoms with E-state index in [1.54, 1.807) is 0 Å². The lowest BCUT2D eigenvalue weighted by molar-refractivity contribution is 0.138. The van der Waals surface area contributed by atoms with E-state index in [0.29, 0.717) is 19.1 Å². The maximum atomic E-state index is 13.7. The van der Waals surface area contributed by atoms with Crippen LogP contribution in [0.5, 0.6) is 0 Å². The van der Waals surface area contributed by atoms with Crippen molar-refractivity contribution in [2.75, 3.05) is 11.6 Å². The summed E-state index contributed by atoms with van der Waals surface area (Å²) >= 11 is 0. The Morgan fingerprint density at radius 3 is 2.35 bits per heavy atom. The summed E-state index contributed by atoms with van der Waals surface area (Å²) in [5.41, 5.74) is 5.17. The maximum Gasteiger partial charge on any atom is 0.259 e. The van der Waals surface area contributed by atoms with Gasteiger partial charge in [0.1, 0.15) is 0 Å². The average molecular weight is 415 g/mol. The zero-order chi connectivity index (χ0) is 21.4. The summed E-state index contributed by atoms with van der Waals surface area (Å²) < 4.78 is 1.90. The summed E-state index contributed by atoms with van der Waals surface area (Å²) in [6.07, 6.45) is 5.59. The second-order valence-electron chi connectivity index (χ2n) is 8.94. The highest BCUT2D eigenvalue weighted by Crippen LogP contribution is 2.32. The van der Waals surface area contributed by atoms with Crippen molar-refractivity contribution in [3.63, 3.8) is 0 Å². The predicted octanol–water partition coefficient (Wildman–Crippen LogP) is 4.76. The van der Waals surface area contributed by atoms with E-state index in [-0.39, 0.29) is 5.56 Å². The van der Waals surface area contributed by atoms with E-state index in [1.165, 1.54) is 31.2 Å². The topological polar surface area (TPSA) is 41.4 Å². The molecule has 5 nitrogen and oxygen atoms in total. The molecule has 0 radical (unpaired) electrons. The van der Waals surface area contributed by atoms with Crippen LogP contribution in [0.1, 0.15) is 48.1 Å². The number of aryl methyl sites for hydroxylation is 2. The second kappa shape index (κ2) is 8.31. The second-order valence-corrected chi connectivity index (χ2v) is 8.94. The van der Waals surface area contributed by atoms with Crippen molar-refractivity contribution in [3.05, 3.63) is 87.3 Å². The summed E-state index contributed by atoms with van der Waals surface area (Å²) in [5, 5.41) is 0. The van der Waals surface area contributed by atoms with Crippen molar-refractivity contribution in [2.24, 2.45) is 0 Å². The molecule has 2 aromatic carbocycles. The van der Waals surface area contributed by atoms with Gasteiger partial charge in [0.15, 0.2) is 0 Å². The first-order valence-electron chi connectivity index (χ1n) is 11.3. The number of fused-ring (bicyclic) bond motifs is 1. The molecule has 0 amide bonds. The fourth-order valence-electron chi connectivity index (χ4n) is 4.92. The first kappa shape index (κ1) is 20.0. The van der Waals surface area contributed by atoms with Crippen LogP contribution in [0.25, 0.3) is 0 Å². The van der Waals surface area contributed by atoms with Crippen molar-refractivity contribution in [1.82, 2.24) is 14.5 Å². The van der Waals surface area contributed by atoms with Crippen LogP contribution >= 0.6 is 0 Å². The summed E-state index contributed by atoms with van der Waals surface area (Å²) in [6, 6.07) is 19.3. The van der Waals surface area contributed by atoms with Crippen molar-refractivity contribution in [3.8, 4) is 0 Å². The van der Waals surface area contributed by atoms with Gasteiger partial charge < -0.3 is 0 Å². The Bertz CT molecular complexity index is 1110. The highest BCUT2D eigenvalue weighted by molar-refractivity contribution is 5.59. The smallest absolute Gasteiger partial charge is 0.259 e. The van der Waals surface area contributed by atoms with Gasteiger partial charge in [-0.2, -0.15) is 0 Å². The minimum Gasteiger partial charge on any atom is -0.298 e. The van der Waals surface area contributed by atoms with Gasteiger partial charge in [-0.1, -0.05) is 60.9 Å². The summed E-state index contributed by atoms with van der Waals surface area (Å²) in [7, 11) is 0. The molecule has 5 rings (SSSR count). The number of aromatic nitrogens is 2. The Hall–Kier alpha value is -2.92. The maximum absolute atomic E-state index is 13.7. The molecule has 0 spiro atoms. The van der Waals surface area contributed by atoms with Crippen LogP contribution in [0.4, 0.5) is 11.6 Å². The first-order chi connectivity index (χ1) is 15.1. The Labute approximate surface area is 184 Å². The van der Waals surface area contributed by atoms with Crippen molar-refractivity contribution in [2.45, 2.75) is 58.7 Å². The normalized spacial score (nSPS) is 17.2. The van der Waals surface area contributed by atoms with E-state index < -0.39 is 0 Å². The fraction of sp³-hybridized carbons (Fsp3) is 0.385. The zero-order valence-corrected chi connectivity index (χ0v) is 18.4. The van der Waals surface area contributed by atoms with Gasteiger partial charge in [-0.05, 0) is 44.4 Å². The molecule has 5 heteroatoms. The number of anilines is 2. The molecular formula is C26H30N4O. The van der Waals surface area contributed by atoms with Crippen LogP contribution in [0, 0.1) is 13.8 Å². The van der Waals surface area contributed by atoms with Crippen LogP contribution in [-0.4, -0.2) is 27.2 Å². The predicted molar refractivity (Wildman–Crippen MR) is 125 cm³/mol. The Kier molecular flexibility index (Phi) is 5.36. The number of hydrogen-bond acceptors (Lipinski definition) is 4. The lowest BCUT2D eigenvalue weighted by atomic mass is 10.0.